The number of carbonyl (C=O) groups excluding carboxylic acids is 2. The van der Waals surface area contributed by atoms with Gasteiger partial charge in [0, 0.05) is 17.0 Å². The Morgan fingerprint density at radius 3 is 2.56 bits per heavy atom. The Bertz CT molecular complexity index is 957. The van der Waals surface area contributed by atoms with Crippen molar-refractivity contribution in [2.45, 2.75) is 6.92 Å². The lowest BCUT2D eigenvalue weighted by atomic mass is 10.1. The molecule has 1 heterocycles. The van der Waals surface area contributed by atoms with Crippen molar-refractivity contribution in [3.8, 4) is 11.3 Å². The fourth-order valence-electron chi connectivity index (χ4n) is 2.24. The Labute approximate surface area is 155 Å². The lowest BCUT2D eigenvalue weighted by molar-refractivity contribution is 0.101. The Balaban J connectivity index is 1.95. The molecule has 1 amide bonds. The summed E-state index contributed by atoms with van der Waals surface area (Å²) in [4.78, 5) is 29.0. The zero-order chi connectivity index (χ0) is 18.0. The molecule has 0 bridgehead atoms. The first-order valence-electron chi connectivity index (χ1n) is 7.29. The van der Waals surface area contributed by atoms with Crippen LogP contribution in [0.15, 0.2) is 53.0 Å². The minimum Gasteiger partial charge on any atom is -0.298 e. The molecule has 0 saturated carbocycles. The van der Waals surface area contributed by atoms with E-state index in [9.17, 15) is 14.0 Å². The van der Waals surface area contributed by atoms with Gasteiger partial charge in [-0.3, -0.25) is 14.9 Å². The van der Waals surface area contributed by atoms with Gasteiger partial charge in [0.1, 0.15) is 5.82 Å². The molecule has 0 saturated heterocycles. The van der Waals surface area contributed by atoms with Crippen LogP contribution in [-0.2, 0) is 0 Å². The van der Waals surface area contributed by atoms with Gasteiger partial charge in [-0.05, 0) is 18.2 Å². The van der Waals surface area contributed by atoms with Crippen molar-refractivity contribution in [3.05, 3.63) is 69.3 Å². The number of Topliss-reactive ketones (excluding diaryl/α,β-unsaturated/α-hetero) is 1. The first kappa shape index (κ1) is 17.4. The second kappa shape index (κ2) is 7.25. The maximum atomic E-state index is 13.8. The van der Waals surface area contributed by atoms with Gasteiger partial charge >= 0.3 is 0 Å². The highest BCUT2D eigenvalue weighted by Gasteiger charge is 2.19. The molecule has 3 aromatic rings. The molecule has 1 aromatic heterocycles. The monoisotopic (exact) mass is 418 g/mol. The van der Waals surface area contributed by atoms with Crippen LogP contribution in [0.3, 0.4) is 0 Å². The lowest BCUT2D eigenvalue weighted by Gasteiger charge is -2.03. The summed E-state index contributed by atoms with van der Waals surface area (Å²) in [6.45, 7) is 1.44. The second-order valence-electron chi connectivity index (χ2n) is 5.20. The van der Waals surface area contributed by atoms with E-state index in [1.165, 1.54) is 25.1 Å². The summed E-state index contributed by atoms with van der Waals surface area (Å²) in [7, 11) is 0. The molecule has 7 heteroatoms. The molecule has 4 nitrogen and oxygen atoms in total. The predicted octanol–water partition coefficient (Wildman–Crippen LogP) is 5.17. The first-order valence-corrected chi connectivity index (χ1v) is 8.90. The number of nitrogens with zero attached hydrogens (tertiary/aromatic N) is 1. The van der Waals surface area contributed by atoms with E-state index in [-0.39, 0.29) is 16.5 Å². The summed E-state index contributed by atoms with van der Waals surface area (Å²) >= 11 is 4.28. The normalized spacial score (nSPS) is 10.5. The maximum absolute atomic E-state index is 13.8. The van der Waals surface area contributed by atoms with Gasteiger partial charge in [0.2, 0.25) is 0 Å². The molecule has 0 unspecified atom stereocenters. The minimum absolute atomic E-state index is 0.102. The van der Waals surface area contributed by atoms with Gasteiger partial charge in [-0.25, -0.2) is 9.37 Å². The number of amides is 1. The van der Waals surface area contributed by atoms with Crippen LogP contribution in [0, 0.1) is 5.82 Å². The fourth-order valence-corrected chi connectivity index (χ4v) is 3.48. The van der Waals surface area contributed by atoms with Gasteiger partial charge in [0.15, 0.2) is 10.9 Å². The van der Waals surface area contributed by atoms with Crippen LogP contribution in [0.2, 0.25) is 0 Å². The maximum Gasteiger partial charge on any atom is 0.260 e. The van der Waals surface area contributed by atoms with Gasteiger partial charge in [-0.15, -0.1) is 0 Å². The lowest BCUT2D eigenvalue weighted by Crippen LogP contribution is -2.13. The molecule has 126 valence electrons. The quantitative estimate of drug-likeness (QED) is 0.594. The summed E-state index contributed by atoms with van der Waals surface area (Å²) in [6.07, 6.45) is 0. The molecule has 0 aliphatic rings. The third-order valence-electron chi connectivity index (χ3n) is 3.39. The zero-order valence-corrected chi connectivity index (χ0v) is 15.4. The van der Waals surface area contributed by atoms with Gasteiger partial charge in [0.25, 0.3) is 5.91 Å². The molecule has 2 aromatic carbocycles. The third-order valence-corrected chi connectivity index (χ3v) is 4.95. The Kier molecular flexibility index (Phi) is 5.06. The first-order chi connectivity index (χ1) is 12.0. The molecule has 0 aliphatic carbocycles. The number of benzene rings is 2. The Morgan fingerprint density at radius 2 is 1.88 bits per heavy atom. The van der Waals surface area contributed by atoms with Crippen LogP contribution < -0.4 is 5.32 Å². The van der Waals surface area contributed by atoms with Crippen molar-refractivity contribution in [1.29, 1.82) is 0 Å². The van der Waals surface area contributed by atoms with Crippen LogP contribution in [0.4, 0.5) is 9.52 Å². The molecule has 0 spiro atoms. The van der Waals surface area contributed by atoms with Crippen molar-refractivity contribution in [3.63, 3.8) is 0 Å². The van der Waals surface area contributed by atoms with Crippen LogP contribution in [0.25, 0.3) is 11.3 Å². The summed E-state index contributed by atoms with van der Waals surface area (Å²) in [6, 6.07) is 13.3. The van der Waals surface area contributed by atoms with E-state index in [2.05, 4.69) is 26.2 Å². The average molecular weight is 419 g/mol. The molecule has 25 heavy (non-hydrogen) atoms. The molecule has 0 aliphatic heterocycles. The summed E-state index contributed by atoms with van der Waals surface area (Å²) < 4.78 is 14.4. The summed E-state index contributed by atoms with van der Waals surface area (Å²) in [5.74, 6) is -1.40. The average Bonchev–Trinajstić information content (AvgIpc) is 3.02. The van der Waals surface area contributed by atoms with Gasteiger partial charge in [-0.2, -0.15) is 0 Å². The molecule has 1 N–H and O–H groups in total. The number of hydrogen-bond donors (Lipinski definition) is 1. The fraction of sp³-hybridized carbons (Fsp3) is 0.0556. The van der Waals surface area contributed by atoms with E-state index in [1.54, 1.807) is 0 Å². The van der Waals surface area contributed by atoms with Crippen molar-refractivity contribution in [2.75, 3.05) is 5.32 Å². The number of carbonyl (C=O) groups is 2. The Morgan fingerprint density at radius 1 is 1.16 bits per heavy atom. The highest BCUT2D eigenvalue weighted by atomic mass is 79.9. The molecule has 0 fully saturated rings. The number of rotatable bonds is 4. The number of thiazole rings is 1. The SMILES string of the molecule is CC(=O)c1sc(NC(=O)c2cc(Br)ccc2F)nc1-c1ccccc1. The van der Waals surface area contributed by atoms with Crippen LogP contribution in [0.5, 0.6) is 0 Å². The number of anilines is 1. The van der Waals surface area contributed by atoms with E-state index in [0.717, 1.165) is 16.9 Å². The standard InChI is InChI=1S/C18H12BrFN2O2S/c1-10(23)16-15(11-5-3-2-4-6-11)21-18(25-16)22-17(24)13-9-12(19)7-8-14(13)20/h2-9H,1H3,(H,21,22,24). The van der Waals surface area contributed by atoms with Crippen molar-refractivity contribution < 1.29 is 14.0 Å². The topological polar surface area (TPSA) is 59.1 Å². The van der Waals surface area contributed by atoms with E-state index in [0.29, 0.717) is 15.0 Å². The molecule has 0 radical (unpaired) electrons. The van der Waals surface area contributed by atoms with E-state index < -0.39 is 11.7 Å². The van der Waals surface area contributed by atoms with Crippen LogP contribution in [0.1, 0.15) is 27.0 Å². The number of aromatic nitrogens is 1. The number of hydrogen-bond acceptors (Lipinski definition) is 4. The minimum atomic E-state index is -0.632. The van der Waals surface area contributed by atoms with Crippen molar-refractivity contribution in [2.24, 2.45) is 0 Å². The smallest absolute Gasteiger partial charge is 0.260 e. The molecular weight excluding hydrogens is 407 g/mol. The van der Waals surface area contributed by atoms with Gasteiger partial charge < -0.3 is 0 Å². The largest absolute Gasteiger partial charge is 0.298 e. The van der Waals surface area contributed by atoms with Gasteiger partial charge in [0.05, 0.1) is 16.1 Å². The van der Waals surface area contributed by atoms with E-state index in [4.69, 9.17) is 0 Å². The Hall–Kier alpha value is -2.38. The second-order valence-corrected chi connectivity index (χ2v) is 7.11. The molecule has 0 atom stereocenters. The molecule has 3 rings (SSSR count). The van der Waals surface area contributed by atoms with E-state index >= 15 is 0 Å². The highest BCUT2D eigenvalue weighted by Crippen LogP contribution is 2.32. The third kappa shape index (κ3) is 3.83. The van der Waals surface area contributed by atoms with Crippen molar-refractivity contribution >= 4 is 44.1 Å². The molecular formula is C18H12BrFN2O2S. The van der Waals surface area contributed by atoms with Crippen LogP contribution >= 0.6 is 27.3 Å². The van der Waals surface area contributed by atoms with Gasteiger partial charge in [-0.1, -0.05) is 57.6 Å². The number of halogens is 2. The predicted molar refractivity (Wildman–Crippen MR) is 99.6 cm³/mol. The summed E-state index contributed by atoms with van der Waals surface area (Å²) in [5.41, 5.74) is 1.18. The highest BCUT2D eigenvalue weighted by molar-refractivity contribution is 9.10. The number of nitrogens with one attached hydrogen (secondary N) is 1. The summed E-state index contributed by atoms with van der Waals surface area (Å²) in [5, 5.41) is 2.81. The van der Waals surface area contributed by atoms with Crippen LogP contribution in [-0.4, -0.2) is 16.7 Å². The van der Waals surface area contributed by atoms with E-state index in [1.807, 2.05) is 30.3 Å². The zero-order valence-electron chi connectivity index (χ0n) is 13.0. The number of ketones is 1. The van der Waals surface area contributed by atoms with Crippen molar-refractivity contribution in [1.82, 2.24) is 4.98 Å².